The summed E-state index contributed by atoms with van der Waals surface area (Å²) in [5.74, 6) is 2.93. The van der Waals surface area contributed by atoms with Gasteiger partial charge in [0.25, 0.3) is 5.91 Å². The van der Waals surface area contributed by atoms with Crippen molar-refractivity contribution in [2.75, 3.05) is 26.1 Å². The van der Waals surface area contributed by atoms with Gasteiger partial charge in [-0.25, -0.2) is 0 Å². The van der Waals surface area contributed by atoms with E-state index >= 15 is 0 Å². The highest BCUT2D eigenvalue weighted by Crippen LogP contribution is 2.61. The van der Waals surface area contributed by atoms with E-state index in [2.05, 4.69) is 5.32 Å². The van der Waals surface area contributed by atoms with E-state index < -0.39 is 0 Å². The third-order valence-corrected chi connectivity index (χ3v) is 6.68. The van der Waals surface area contributed by atoms with Crippen molar-refractivity contribution >= 4 is 17.6 Å². The number of carbonyl (C=O) groups is 2. The molecule has 0 saturated heterocycles. The summed E-state index contributed by atoms with van der Waals surface area (Å²) in [5, 5.41) is 2.73. The number of esters is 1. The first-order chi connectivity index (χ1) is 13.5. The number of nitrogens with one attached hydrogen (secondary N) is 1. The largest absolute Gasteiger partial charge is 0.497 e. The second kappa shape index (κ2) is 7.64. The molecule has 1 aromatic rings. The maximum absolute atomic E-state index is 12.4. The lowest BCUT2D eigenvalue weighted by molar-refractivity contribution is -0.154. The Kier molecular flexibility index (Phi) is 5.21. The third-order valence-electron chi connectivity index (χ3n) is 6.68. The second-order valence-corrected chi connectivity index (χ2v) is 8.90. The number of ether oxygens (including phenoxy) is 3. The molecule has 4 fully saturated rings. The van der Waals surface area contributed by atoms with Crippen molar-refractivity contribution < 1.29 is 23.8 Å². The number of methoxy groups -OCH3 is 2. The van der Waals surface area contributed by atoms with Gasteiger partial charge in [0, 0.05) is 23.9 Å². The van der Waals surface area contributed by atoms with E-state index in [0.29, 0.717) is 23.6 Å². The van der Waals surface area contributed by atoms with Gasteiger partial charge >= 0.3 is 5.97 Å². The van der Waals surface area contributed by atoms with E-state index in [0.717, 1.165) is 37.0 Å². The van der Waals surface area contributed by atoms with Gasteiger partial charge in [0.05, 0.1) is 20.6 Å². The summed E-state index contributed by atoms with van der Waals surface area (Å²) in [6.07, 6.45) is 7.97. The molecule has 0 spiro atoms. The minimum Gasteiger partial charge on any atom is -0.497 e. The standard InChI is InChI=1S/C22H29NO5/c1-26-18-6-17(7-19(8-18)27-2)23-20(24)13-28-21(25)12-22-9-14-3-15(10-22)5-16(4-14)11-22/h6-8,14-16H,3-5,9-13H2,1-2H3,(H,23,24). The number of rotatable bonds is 7. The molecule has 0 atom stereocenters. The fraction of sp³-hybridized carbons (Fsp3) is 0.636. The van der Waals surface area contributed by atoms with Crippen LogP contribution in [0.2, 0.25) is 0 Å². The maximum Gasteiger partial charge on any atom is 0.306 e. The summed E-state index contributed by atoms with van der Waals surface area (Å²) in [6.45, 7) is -0.273. The Balaban J connectivity index is 1.29. The van der Waals surface area contributed by atoms with Gasteiger partial charge in [0.2, 0.25) is 0 Å². The molecule has 6 nitrogen and oxygen atoms in total. The molecule has 5 rings (SSSR count). The van der Waals surface area contributed by atoms with Crippen LogP contribution in [0.3, 0.4) is 0 Å². The van der Waals surface area contributed by atoms with Crippen molar-refractivity contribution in [2.24, 2.45) is 23.2 Å². The summed E-state index contributed by atoms with van der Waals surface area (Å²) in [7, 11) is 3.10. The van der Waals surface area contributed by atoms with Crippen LogP contribution in [0.4, 0.5) is 5.69 Å². The lowest BCUT2D eigenvalue weighted by atomic mass is 9.49. The third kappa shape index (κ3) is 4.10. The molecule has 1 amide bonds. The van der Waals surface area contributed by atoms with E-state index in [1.165, 1.54) is 19.3 Å². The Morgan fingerprint density at radius 3 is 2.00 bits per heavy atom. The molecule has 0 heterocycles. The highest BCUT2D eigenvalue weighted by molar-refractivity contribution is 5.93. The van der Waals surface area contributed by atoms with Crippen LogP contribution >= 0.6 is 0 Å². The van der Waals surface area contributed by atoms with Crippen LogP contribution in [0.1, 0.15) is 44.9 Å². The van der Waals surface area contributed by atoms with Crippen LogP contribution in [0.25, 0.3) is 0 Å². The first kappa shape index (κ1) is 19.1. The van der Waals surface area contributed by atoms with Crippen molar-refractivity contribution in [1.82, 2.24) is 0 Å². The lowest BCUT2D eigenvalue weighted by Crippen LogP contribution is -2.47. The zero-order valence-electron chi connectivity index (χ0n) is 16.7. The molecule has 0 aromatic heterocycles. The number of benzene rings is 1. The SMILES string of the molecule is COc1cc(NC(=O)COC(=O)CC23CC4CC(CC(C4)C2)C3)cc(OC)c1. The van der Waals surface area contributed by atoms with E-state index in [-0.39, 0.29) is 23.9 Å². The van der Waals surface area contributed by atoms with Gasteiger partial charge < -0.3 is 19.5 Å². The van der Waals surface area contributed by atoms with Gasteiger partial charge in [-0.3, -0.25) is 9.59 Å². The van der Waals surface area contributed by atoms with Gasteiger partial charge in [0.15, 0.2) is 6.61 Å². The summed E-state index contributed by atoms with van der Waals surface area (Å²) < 4.78 is 15.7. The van der Waals surface area contributed by atoms with Crippen LogP contribution < -0.4 is 14.8 Å². The zero-order valence-corrected chi connectivity index (χ0v) is 16.7. The average Bonchev–Trinajstić information content (AvgIpc) is 2.64. The number of carbonyl (C=O) groups excluding carboxylic acids is 2. The topological polar surface area (TPSA) is 73.9 Å². The molecular formula is C22H29NO5. The number of hydrogen-bond acceptors (Lipinski definition) is 5. The Morgan fingerprint density at radius 2 is 1.50 bits per heavy atom. The number of anilines is 1. The van der Waals surface area contributed by atoms with Crippen LogP contribution in [0.15, 0.2) is 18.2 Å². The van der Waals surface area contributed by atoms with Crippen molar-refractivity contribution in [3.63, 3.8) is 0 Å². The summed E-state index contributed by atoms with van der Waals surface area (Å²) in [5.41, 5.74) is 0.668. The molecule has 0 unspecified atom stereocenters. The minimum absolute atomic E-state index is 0.127. The average molecular weight is 387 g/mol. The van der Waals surface area contributed by atoms with Crippen molar-refractivity contribution in [3.8, 4) is 11.5 Å². The number of amides is 1. The molecule has 0 aliphatic heterocycles. The summed E-state index contributed by atoms with van der Waals surface area (Å²) >= 11 is 0. The smallest absolute Gasteiger partial charge is 0.306 e. The van der Waals surface area contributed by atoms with Crippen molar-refractivity contribution in [2.45, 2.75) is 44.9 Å². The first-order valence-electron chi connectivity index (χ1n) is 10.2. The van der Waals surface area contributed by atoms with Gasteiger partial charge in [-0.2, -0.15) is 0 Å². The second-order valence-electron chi connectivity index (χ2n) is 8.90. The molecule has 28 heavy (non-hydrogen) atoms. The predicted octanol–water partition coefficient (Wildman–Crippen LogP) is 3.79. The van der Waals surface area contributed by atoms with Crippen LogP contribution in [-0.2, 0) is 14.3 Å². The number of hydrogen-bond donors (Lipinski definition) is 1. The Hall–Kier alpha value is -2.24. The molecule has 152 valence electrons. The monoisotopic (exact) mass is 387 g/mol. The summed E-state index contributed by atoms with van der Waals surface area (Å²) in [6, 6.07) is 5.11. The molecule has 1 N–H and O–H groups in total. The summed E-state index contributed by atoms with van der Waals surface area (Å²) in [4.78, 5) is 24.7. The van der Waals surface area contributed by atoms with E-state index in [1.807, 2.05) is 0 Å². The quantitative estimate of drug-likeness (QED) is 0.721. The molecule has 4 aliphatic carbocycles. The van der Waals surface area contributed by atoms with Gasteiger partial charge in [-0.15, -0.1) is 0 Å². The molecule has 4 bridgehead atoms. The Labute approximate surface area is 165 Å². The zero-order chi connectivity index (χ0) is 19.7. The van der Waals surface area contributed by atoms with Crippen molar-refractivity contribution in [3.05, 3.63) is 18.2 Å². The highest BCUT2D eigenvalue weighted by Gasteiger charge is 2.51. The predicted molar refractivity (Wildman–Crippen MR) is 104 cm³/mol. The lowest BCUT2D eigenvalue weighted by Gasteiger charge is -2.56. The van der Waals surface area contributed by atoms with E-state index in [4.69, 9.17) is 14.2 Å². The highest BCUT2D eigenvalue weighted by atomic mass is 16.5. The van der Waals surface area contributed by atoms with Gasteiger partial charge in [0.1, 0.15) is 11.5 Å². The fourth-order valence-electron chi connectivity index (χ4n) is 6.09. The van der Waals surface area contributed by atoms with Gasteiger partial charge in [-0.05, 0) is 61.7 Å². The Bertz CT molecular complexity index is 702. The van der Waals surface area contributed by atoms with Crippen LogP contribution in [0, 0.1) is 23.2 Å². The molecular weight excluding hydrogens is 358 g/mol. The van der Waals surface area contributed by atoms with E-state index in [9.17, 15) is 9.59 Å². The van der Waals surface area contributed by atoms with Crippen LogP contribution in [0.5, 0.6) is 11.5 Å². The molecule has 1 aromatic carbocycles. The van der Waals surface area contributed by atoms with Crippen LogP contribution in [-0.4, -0.2) is 32.7 Å². The van der Waals surface area contributed by atoms with Crippen molar-refractivity contribution in [1.29, 1.82) is 0 Å². The van der Waals surface area contributed by atoms with Gasteiger partial charge in [-0.1, -0.05) is 0 Å². The maximum atomic E-state index is 12.4. The fourth-order valence-corrected chi connectivity index (χ4v) is 6.09. The van der Waals surface area contributed by atoms with E-state index in [1.54, 1.807) is 32.4 Å². The molecule has 0 radical (unpaired) electrons. The normalized spacial score (nSPS) is 30.0. The first-order valence-corrected chi connectivity index (χ1v) is 10.2. The Morgan fingerprint density at radius 1 is 0.964 bits per heavy atom. The minimum atomic E-state index is -0.367. The molecule has 6 heteroatoms. The molecule has 4 saturated carbocycles. The molecule has 4 aliphatic rings.